The number of carbonyl (C=O) groups excluding carboxylic acids is 2. The molecule has 2 aromatic rings. The van der Waals surface area contributed by atoms with Crippen LogP contribution in [0.1, 0.15) is 12.8 Å². The number of carbonyl (C=O) groups is 2. The van der Waals surface area contributed by atoms with Crippen LogP contribution in [0.5, 0.6) is 5.75 Å². The fraction of sp³-hybridized carbons (Fsp3) is 0.438. The first-order chi connectivity index (χ1) is 12.5. The zero-order chi connectivity index (χ0) is 18.5. The maximum absolute atomic E-state index is 12.7. The summed E-state index contributed by atoms with van der Waals surface area (Å²) >= 11 is 0. The Bertz CT molecular complexity index is 778. The van der Waals surface area contributed by atoms with Crippen LogP contribution in [0.15, 0.2) is 24.5 Å². The highest BCUT2D eigenvalue weighted by Gasteiger charge is 2.26. The molecule has 2 heterocycles. The van der Waals surface area contributed by atoms with E-state index in [1.807, 2.05) is 4.90 Å². The Morgan fingerprint density at radius 3 is 2.92 bits per heavy atom. The zero-order valence-corrected chi connectivity index (χ0v) is 14.5. The van der Waals surface area contributed by atoms with Gasteiger partial charge in [0, 0.05) is 24.4 Å². The standard InChI is InChI=1S/C16H21N7O3/c1-26-14-6-12(5-13(7-14)23-10-18-20-21-23)19-16(25)11-3-2-4-22(8-11)9-15(17)24/h5-7,10-11H,2-4,8-9H2,1H3,(H2,17,24)(H,19,25). The highest BCUT2D eigenvalue weighted by molar-refractivity contribution is 5.93. The van der Waals surface area contributed by atoms with E-state index in [1.54, 1.807) is 25.3 Å². The van der Waals surface area contributed by atoms with Gasteiger partial charge in [-0.15, -0.1) is 5.10 Å². The second-order valence-corrected chi connectivity index (χ2v) is 6.20. The highest BCUT2D eigenvalue weighted by Crippen LogP contribution is 2.24. The summed E-state index contributed by atoms with van der Waals surface area (Å²) in [5.74, 6) is -0.113. The van der Waals surface area contributed by atoms with Crippen molar-refractivity contribution < 1.29 is 14.3 Å². The van der Waals surface area contributed by atoms with Crippen molar-refractivity contribution in [2.24, 2.45) is 11.7 Å². The van der Waals surface area contributed by atoms with Crippen molar-refractivity contribution in [3.63, 3.8) is 0 Å². The van der Waals surface area contributed by atoms with E-state index in [-0.39, 0.29) is 24.3 Å². The molecule has 3 N–H and O–H groups in total. The molecule has 1 unspecified atom stereocenters. The van der Waals surface area contributed by atoms with Gasteiger partial charge < -0.3 is 15.8 Å². The van der Waals surface area contributed by atoms with E-state index in [1.165, 1.54) is 11.0 Å². The first-order valence-corrected chi connectivity index (χ1v) is 8.29. The number of aromatic nitrogens is 4. The van der Waals surface area contributed by atoms with Crippen LogP contribution in [0.2, 0.25) is 0 Å². The third-order valence-corrected chi connectivity index (χ3v) is 4.26. The minimum absolute atomic E-state index is 0.102. The molecule has 0 bridgehead atoms. The van der Waals surface area contributed by atoms with Crippen LogP contribution in [0.3, 0.4) is 0 Å². The Hall–Kier alpha value is -3.01. The number of piperidine rings is 1. The molecule has 1 aliphatic rings. The molecule has 2 amide bonds. The number of ether oxygens (including phenoxy) is 1. The van der Waals surface area contributed by atoms with Crippen LogP contribution < -0.4 is 15.8 Å². The first-order valence-electron chi connectivity index (χ1n) is 8.29. The van der Waals surface area contributed by atoms with Gasteiger partial charge in [0.15, 0.2) is 0 Å². The van der Waals surface area contributed by atoms with Crippen LogP contribution in [0.25, 0.3) is 5.69 Å². The number of nitrogens with one attached hydrogen (secondary N) is 1. The summed E-state index contributed by atoms with van der Waals surface area (Å²) in [5, 5.41) is 14.0. The lowest BCUT2D eigenvalue weighted by Crippen LogP contribution is -2.44. The molecule has 0 radical (unpaired) electrons. The number of primary amides is 1. The number of rotatable bonds is 6. The van der Waals surface area contributed by atoms with Gasteiger partial charge >= 0.3 is 0 Å². The van der Waals surface area contributed by atoms with E-state index >= 15 is 0 Å². The van der Waals surface area contributed by atoms with Gasteiger partial charge in [0.2, 0.25) is 11.8 Å². The lowest BCUT2D eigenvalue weighted by molar-refractivity contribution is -0.124. The SMILES string of the molecule is COc1cc(NC(=O)C2CCCN(CC(N)=O)C2)cc(-n2cnnn2)c1. The summed E-state index contributed by atoms with van der Waals surface area (Å²) in [6.45, 7) is 1.46. The van der Waals surface area contributed by atoms with Gasteiger partial charge in [0.05, 0.1) is 25.3 Å². The number of hydrogen-bond donors (Lipinski definition) is 2. The predicted molar refractivity (Wildman–Crippen MR) is 92.7 cm³/mol. The van der Waals surface area contributed by atoms with Gasteiger partial charge in [0.25, 0.3) is 0 Å². The molecule has 0 saturated carbocycles. The fourth-order valence-corrected chi connectivity index (χ4v) is 3.06. The molecule has 1 aliphatic heterocycles. The molecule has 10 nitrogen and oxygen atoms in total. The van der Waals surface area contributed by atoms with E-state index in [4.69, 9.17) is 10.5 Å². The average molecular weight is 359 g/mol. The second-order valence-electron chi connectivity index (χ2n) is 6.20. The topological polar surface area (TPSA) is 128 Å². The van der Waals surface area contributed by atoms with Crippen molar-refractivity contribution in [2.75, 3.05) is 32.1 Å². The van der Waals surface area contributed by atoms with Gasteiger partial charge in [-0.25, -0.2) is 4.68 Å². The number of likely N-dealkylation sites (tertiary alicyclic amines) is 1. The molecule has 0 aliphatic carbocycles. The van der Waals surface area contributed by atoms with E-state index < -0.39 is 0 Å². The third-order valence-electron chi connectivity index (χ3n) is 4.26. The van der Waals surface area contributed by atoms with Crippen LogP contribution >= 0.6 is 0 Å². The molecule has 10 heteroatoms. The monoisotopic (exact) mass is 359 g/mol. The Labute approximate surface area is 150 Å². The highest BCUT2D eigenvalue weighted by atomic mass is 16.5. The second kappa shape index (κ2) is 7.91. The molecule has 1 atom stereocenters. The van der Waals surface area contributed by atoms with Gasteiger partial charge in [-0.1, -0.05) is 0 Å². The van der Waals surface area contributed by atoms with Crippen LogP contribution in [0.4, 0.5) is 5.69 Å². The molecule has 1 aromatic carbocycles. The van der Waals surface area contributed by atoms with Gasteiger partial charge in [-0.2, -0.15) is 0 Å². The number of methoxy groups -OCH3 is 1. The van der Waals surface area contributed by atoms with Crippen molar-refractivity contribution >= 4 is 17.5 Å². The zero-order valence-electron chi connectivity index (χ0n) is 14.5. The number of amides is 2. The summed E-state index contributed by atoms with van der Waals surface area (Å²) in [7, 11) is 1.55. The molecule has 1 saturated heterocycles. The number of nitrogens with zero attached hydrogens (tertiary/aromatic N) is 5. The van der Waals surface area contributed by atoms with Crippen LogP contribution in [-0.4, -0.2) is 63.7 Å². The molecule has 1 aromatic heterocycles. The number of benzene rings is 1. The number of tetrazole rings is 1. The summed E-state index contributed by atoms with van der Waals surface area (Å²) in [4.78, 5) is 25.7. The van der Waals surface area contributed by atoms with Crippen molar-refractivity contribution in [3.05, 3.63) is 24.5 Å². The molecular formula is C16H21N7O3. The Balaban J connectivity index is 1.72. The molecule has 26 heavy (non-hydrogen) atoms. The quantitative estimate of drug-likeness (QED) is 0.731. The van der Waals surface area contributed by atoms with Crippen LogP contribution in [-0.2, 0) is 9.59 Å². The predicted octanol–water partition coefficient (Wildman–Crippen LogP) is -0.193. The van der Waals surface area contributed by atoms with Gasteiger partial charge in [0.1, 0.15) is 12.1 Å². The van der Waals surface area contributed by atoms with E-state index in [9.17, 15) is 9.59 Å². The average Bonchev–Trinajstić information content (AvgIpc) is 3.16. The number of nitrogens with two attached hydrogens (primary N) is 1. The molecule has 138 valence electrons. The van der Waals surface area contributed by atoms with Gasteiger partial charge in [-0.3, -0.25) is 14.5 Å². The van der Waals surface area contributed by atoms with Crippen LogP contribution in [0, 0.1) is 5.92 Å². The minimum Gasteiger partial charge on any atom is -0.497 e. The normalized spacial score (nSPS) is 17.7. The summed E-state index contributed by atoms with van der Waals surface area (Å²) in [6, 6.07) is 5.26. The maximum atomic E-state index is 12.7. The first kappa shape index (κ1) is 17.8. The Morgan fingerprint density at radius 1 is 1.38 bits per heavy atom. The van der Waals surface area contributed by atoms with Crippen molar-refractivity contribution in [1.82, 2.24) is 25.1 Å². The molecule has 0 spiro atoms. The fourth-order valence-electron chi connectivity index (χ4n) is 3.06. The maximum Gasteiger partial charge on any atom is 0.231 e. The van der Waals surface area contributed by atoms with E-state index in [2.05, 4.69) is 20.8 Å². The summed E-state index contributed by atoms with van der Waals surface area (Å²) in [6.07, 6.45) is 3.08. The lowest BCUT2D eigenvalue weighted by Gasteiger charge is -2.31. The Morgan fingerprint density at radius 2 is 2.23 bits per heavy atom. The minimum atomic E-state index is -0.384. The Kier molecular flexibility index (Phi) is 5.42. The summed E-state index contributed by atoms with van der Waals surface area (Å²) < 4.78 is 6.77. The third kappa shape index (κ3) is 4.33. The van der Waals surface area contributed by atoms with Crippen molar-refractivity contribution in [2.45, 2.75) is 12.8 Å². The number of anilines is 1. The van der Waals surface area contributed by atoms with Crippen molar-refractivity contribution in [3.8, 4) is 11.4 Å². The molecular weight excluding hydrogens is 338 g/mol. The smallest absolute Gasteiger partial charge is 0.231 e. The lowest BCUT2D eigenvalue weighted by atomic mass is 9.97. The van der Waals surface area contributed by atoms with Gasteiger partial charge in [-0.05, 0) is 35.9 Å². The largest absolute Gasteiger partial charge is 0.497 e. The molecule has 3 rings (SSSR count). The van der Waals surface area contributed by atoms with E-state index in [0.29, 0.717) is 23.7 Å². The summed E-state index contributed by atoms with van der Waals surface area (Å²) in [5.41, 5.74) is 6.51. The number of hydrogen-bond acceptors (Lipinski definition) is 7. The van der Waals surface area contributed by atoms with E-state index in [0.717, 1.165) is 19.4 Å². The molecule has 1 fully saturated rings. The van der Waals surface area contributed by atoms with Crippen molar-refractivity contribution in [1.29, 1.82) is 0 Å².